The third kappa shape index (κ3) is 3.97. The van der Waals surface area contributed by atoms with Crippen LogP contribution >= 0.6 is 15.9 Å². The van der Waals surface area contributed by atoms with Gasteiger partial charge >= 0.3 is 0 Å². The highest BCUT2D eigenvalue weighted by atomic mass is 79.9. The van der Waals surface area contributed by atoms with Crippen LogP contribution in [0, 0.1) is 0 Å². The van der Waals surface area contributed by atoms with Crippen LogP contribution in [-0.2, 0) is 11.4 Å². The maximum absolute atomic E-state index is 12.5. The van der Waals surface area contributed by atoms with Gasteiger partial charge < -0.3 is 4.55 Å². The van der Waals surface area contributed by atoms with E-state index < -0.39 is 11.4 Å². The zero-order valence-electron chi connectivity index (χ0n) is 11.9. The zero-order valence-corrected chi connectivity index (χ0v) is 14.3. The van der Waals surface area contributed by atoms with Crippen LogP contribution in [0.15, 0.2) is 28.7 Å². The summed E-state index contributed by atoms with van der Waals surface area (Å²) in [6, 6.07) is 8.54. The van der Waals surface area contributed by atoms with Gasteiger partial charge in [0.15, 0.2) is 0 Å². The lowest BCUT2D eigenvalue weighted by molar-refractivity contribution is 0.308. The highest BCUT2D eigenvalue weighted by molar-refractivity contribution is 9.10. The topological polar surface area (TPSA) is 26.3 Å². The summed E-state index contributed by atoms with van der Waals surface area (Å²) in [5.41, 5.74) is 1.36. The van der Waals surface area contributed by atoms with Crippen molar-refractivity contribution in [3.63, 3.8) is 0 Å². The van der Waals surface area contributed by atoms with E-state index in [1.54, 1.807) is 0 Å². The van der Waals surface area contributed by atoms with Crippen molar-refractivity contribution < 1.29 is 4.55 Å². The minimum Gasteiger partial charge on any atom is -0.597 e. The van der Waals surface area contributed by atoms with Gasteiger partial charge in [-0.15, -0.1) is 4.31 Å². The lowest BCUT2D eigenvalue weighted by Gasteiger charge is -2.37. The molecule has 4 heteroatoms. The normalized spacial score (nSPS) is 23.3. The first-order chi connectivity index (χ1) is 8.88. The summed E-state index contributed by atoms with van der Waals surface area (Å²) < 4.78 is 15.6. The lowest BCUT2D eigenvalue weighted by atomic mass is 9.92. The molecule has 0 bridgehead atoms. The molecule has 106 valence electrons. The highest BCUT2D eigenvalue weighted by Gasteiger charge is 2.36. The van der Waals surface area contributed by atoms with Gasteiger partial charge in [-0.2, -0.15) is 0 Å². The standard InChI is InChI=1S/C15H22BrNOS/c1-15(2,3)19(18)17-10-4-5-13(11-17)12-6-8-14(16)9-7-12/h6-9,13H,4-5,10-11H2,1-3H3. The SMILES string of the molecule is CC(C)(C)[S+]([O-])N1CCCC(c2ccc(Br)cc2)C1. The first kappa shape index (κ1) is 15.4. The maximum Gasteiger partial charge on any atom is 0.137 e. The lowest BCUT2D eigenvalue weighted by Crippen LogP contribution is -2.47. The largest absolute Gasteiger partial charge is 0.597 e. The second-order valence-corrected chi connectivity index (χ2v) is 9.30. The molecule has 0 spiro atoms. The van der Waals surface area contributed by atoms with Gasteiger partial charge in [0.25, 0.3) is 0 Å². The number of nitrogens with zero attached hydrogens (tertiary/aromatic N) is 1. The predicted octanol–water partition coefficient (Wildman–Crippen LogP) is 4.09. The molecule has 1 aliphatic rings. The number of benzene rings is 1. The summed E-state index contributed by atoms with van der Waals surface area (Å²) in [6.07, 6.45) is 2.32. The highest BCUT2D eigenvalue weighted by Crippen LogP contribution is 2.31. The van der Waals surface area contributed by atoms with E-state index >= 15 is 0 Å². The molecule has 1 aliphatic heterocycles. The first-order valence-electron chi connectivity index (χ1n) is 6.80. The number of hydrogen-bond donors (Lipinski definition) is 0. The molecule has 0 aliphatic carbocycles. The molecule has 2 nitrogen and oxygen atoms in total. The van der Waals surface area contributed by atoms with Crippen molar-refractivity contribution in [2.75, 3.05) is 13.1 Å². The molecule has 1 aromatic carbocycles. The van der Waals surface area contributed by atoms with E-state index in [1.165, 1.54) is 12.0 Å². The van der Waals surface area contributed by atoms with Crippen molar-refractivity contribution in [2.24, 2.45) is 0 Å². The Bertz CT molecular complexity index is 415. The van der Waals surface area contributed by atoms with Crippen molar-refractivity contribution in [1.82, 2.24) is 4.31 Å². The van der Waals surface area contributed by atoms with Gasteiger partial charge in [-0.3, -0.25) is 0 Å². The molecule has 0 amide bonds. The van der Waals surface area contributed by atoms with Gasteiger partial charge in [0.2, 0.25) is 0 Å². The minimum absolute atomic E-state index is 0.165. The van der Waals surface area contributed by atoms with Crippen LogP contribution in [0.1, 0.15) is 45.1 Å². The fourth-order valence-electron chi connectivity index (χ4n) is 2.49. The van der Waals surface area contributed by atoms with Crippen LogP contribution in [0.4, 0.5) is 0 Å². The monoisotopic (exact) mass is 343 g/mol. The zero-order chi connectivity index (χ0) is 14.0. The first-order valence-corrected chi connectivity index (χ1v) is 8.70. The molecule has 0 N–H and O–H groups in total. The number of piperidine rings is 1. The van der Waals surface area contributed by atoms with E-state index in [1.807, 2.05) is 20.8 Å². The number of hydrogen-bond acceptors (Lipinski definition) is 2. The Kier molecular flexibility index (Phi) is 4.99. The molecule has 2 unspecified atom stereocenters. The molecule has 1 heterocycles. The Hall–Kier alpha value is -0.0300. The van der Waals surface area contributed by atoms with Gasteiger partial charge in [0.1, 0.15) is 4.75 Å². The maximum atomic E-state index is 12.5. The van der Waals surface area contributed by atoms with Crippen LogP contribution in [0.2, 0.25) is 0 Å². The Labute approximate surface area is 128 Å². The van der Waals surface area contributed by atoms with Crippen molar-refractivity contribution in [3.05, 3.63) is 34.3 Å². The fourth-order valence-corrected chi connectivity index (χ4v) is 4.14. The molecule has 1 fully saturated rings. The summed E-state index contributed by atoms with van der Waals surface area (Å²) in [7, 11) is 0. The summed E-state index contributed by atoms with van der Waals surface area (Å²) in [5, 5.41) is 0. The summed E-state index contributed by atoms with van der Waals surface area (Å²) in [4.78, 5) is 0. The summed E-state index contributed by atoms with van der Waals surface area (Å²) >= 11 is 2.57. The Morgan fingerprint density at radius 1 is 1.26 bits per heavy atom. The van der Waals surface area contributed by atoms with E-state index in [0.717, 1.165) is 24.0 Å². The van der Waals surface area contributed by atoms with Gasteiger partial charge in [-0.25, -0.2) is 0 Å². The van der Waals surface area contributed by atoms with E-state index in [2.05, 4.69) is 44.5 Å². The Morgan fingerprint density at radius 2 is 1.89 bits per heavy atom. The van der Waals surface area contributed by atoms with Gasteiger partial charge in [0, 0.05) is 28.3 Å². The average molecular weight is 344 g/mol. The molecule has 2 rings (SSSR count). The molecular weight excluding hydrogens is 322 g/mol. The second-order valence-electron chi connectivity index (χ2n) is 6.14. The molecule has 0 saturated carbocycles. The molecule has 19 heavy (non-hydrogen) atoms. The number of halogens is 1. The molecule has 1 saturated heterocycles. The summed E-state index contributed by atoms with van der Waals surface area (Å²) in [6.45, 7) is 8.01. The molecule has 2 atom stereocenters. The fraction of sp³-hybridized carbons (Fsp3) is 0.600. The minimum atomic E-state index is -0.899. The van der Waals surface area contributed by atoms with E-state index in [9.17, 15) is 4.55 Å². The molecule has 1 aromatic rings. The van der Waals surface area contributed by atoms with Crippen molar-refractivity contribution in [3.8, 4) is 0 Å². The van der Waals surface area contributed by atoms with Crippen molar-refractivity contribution in [1.29, 1.82) is 0 Å². The van der Waals surface area contributed by atoms with Gasteiger partial charge in [0.05, 0.1) is 6.54 Å². The van der Waals surface area contributed by atoms with Crippen molar-refractivity contribution in [2.45, 2.75) is 44.3 Å². The van der Waals surface area contributed by atoms with Crippen LogP contribution in [0.3, 0.4) is 0 Å². The van der Waals surface area contributed by atoms with Gasteiger partial charge in [-0.1, -0.05) is 28.1 Å². The van der Waals surface area contributed by atoms with Crippen LogP contribution in [0.25, 0.3) is 0 Å². The Balaban J connectivity index is 2.07. The number of rotatable bonds is 2. The average Bonchev–Trinajstić information content (AvgIpc) is 2.38. The predicted molar refractivity (Wildman–Crippen MR) is 85.6 cm³/mol. The third-order valence-electron chi connectivity index (χ3n) is 3.48. The van der Waals surface area contributed by atoms with Gasteiger partial charge in [-0.05, 0) is 51.3 Å². The quantitative estimate of drug-likeness (QED) is 0.756. The van der Waals surface area contributed by atoms with E-state index in [0.29, 0.717) is 5.92 Å². The van der Waals surface area contributed by atoms with Crippen LogP contribution < -0.4 is 0 Å². The van der Waals surface area contributed by atoms with Crippen LogP contribution in [0.5, 0.6) is 0 Å². The van der Waals surface area contributed by atoms with E-state index in [-0.39, 0.29) is 4.75 Å². The van der Waals surface area contributed by atoms with E-state index in [4.69, 9.17) is 0 Å². The van der Waals surface area contributed by atoms with Crippen LogP contribution in [-0.4, -0.2) is 26.7 Å². The molecular formula is C15H22BrNOS. The Morgan fingerprint density at radius 3 is 2.47 bits per heavy atom. The summed E-state index contributed by atoms with van der Waals surface area (Å²) in [5.74, 6) is 0.508. The second kappa shape index (κ2) is 6.17. The third-order valence-corrected chi connectivity index (χ3v) is 5.86. The smallest absolute Gasteiger partial charge is 0.137 e. The molecule has 0 radical (unpaired) electrons. The molecule has 0 aromatic heterocycles. The van der Waals surface area contributed by atoms with Crippen molar-refractivity contribution >= 4 is 27.3 Å².